The van der Waals surface area contributed by atoms with Gasteiger partial charge in [-0.25, -0.2) is 4.98 Å². The van der Waals surface area contributed by atoms with Crippen LogP contribution in [0.3, 0.4) is 0 Å². The summed E-state index contributed by atoms with van der Waals surface area (Å²) in [6, 6.07) is 0.526. The van der Waals surface area contributed by atoms with Gasteiger partial charge in [0.15, 0.2) is 5.13 Å². The minimum Gasteiger partial charge on any atom is -0.480 e. The Morgan fingerprint density at radius 2 is 2.38 bits per heavy atom. The van der Waals surface area contributed by atoms with E-state index >= 15 is 0 Å². The van der Waals surface area contributed by atoms with Crippen LogP contribution in [-0.4, -0.2) is 43.8 Å². The molecule has 0 radical (unpaired) electrons. The topological polar surface area (TPSA) is 82.5 Å². The zero-order chi connectivity index (χ0) is 15.0. The van der Waals surface area contributed by atoms with Gasteiger partial charge in [-0.3, -0.25) is 14.5 Å². The molecule has 9 heteroatoms. The van der Waals surface area contributed by atoms with E-state index in [-0.39, 0.29) is 10.2 Å². The maximum atomic E-state index is 12.1. The zero-order valence-electron chi connectivity index (χ0n) is 10.7. The predicted molar refractivity (Wildman–Crippen MR) is 86.3 cm³/mol. The molecular weight excluding hydrogens is 330 g/mol. The van der Waals surface area contributed by atoms with E-state index in [0.29, 0.717) is 16.6 Å². The number of nitrogens with one attached hydrogen (secondary N) is 1. The van der Waals surface area contributed by atoms with Crippen molar-refractivity contribution in [1.29, 1.82) is 0 Å². The van der Waals surface area contributed by atoms with Gasteiger partial charge in [0.05, 0.1) is 10.6 Å². The number of nitrogens with zero attached hydrogens (tertiary/aromatic N) is 2. The number of carbonyl (C=O) groups is 2. The minimum absolute atomic E-state index is 0.264. The maximum absolute atomic E-state index is 12.1. The van der Waals surface area contributed by atoms with Crippen LogP contribution in [0, 0.1) is 0 Å². The largest absolute Gasteiger partial charge is 0.480 e. The number of aromatic nitrogens is 1. The molecule has 1 aromatic rings. The number of carboxylic acids is 1. The number of amides is 1. The van der Waals surface area contributed by atoms with Gasteiger partial charge in [-0.05, 0) is 18.9 Å². The third-order valence-electron chi connectivity index (χ3n) is 2.87. The fourth-order valence-corrected chi connectivity index (χ4v) is 3.71. The van der Waals surface area contributed by atoms with Gasteiger partial charge in [-0.15, -0.1) is 11.3 Å². The predicted octanol–water partition coefficient (Wildman–Crippen LogP) is 2.00. The summed E-state index contributed by atoms with van der Waals surface area (Å²) in [5.41, 5.74) is 0.680. The summed E-state index contributed by atoms with van der Waals surface area (Å²) in [7, 11) is 0. The van der Waals surface area contributed by atoms with Crippen LogP contribution in [0.5, 0.6) is 0 Å². The van der Waals surface area contributed by atoms with Gasteiger partial charge in [-0.1, -0.05) is 24.0 Å². The smallest absolute Gasteiger partial charge is 0.323 e. The van der Waals surface area contributed by atoms with Crippen LogP contribution in [0.15, 0.2) is 10.3 Å². The number of hydrogen-bond acceptors (Lipinski definition) is 7. The van der Waals surface area contributed by atoms with Gasteiger partial charge >= 0.3 is 5.97 Å². The highest BCUT2D eigenvalue weighted by molar-refractivity contribution is 8.26. The molecule has 1 aliphatic carbocycles. The number of thiazole rings is 1. The van der Waals surface area contributed by atoms with Gasteiger partial charge in [0.2, 0.25) is 0 Å². The van der Waals surface area contributed by atoms with E-state index < -0.39 is 12.5 Å². The second-order valence-electron chi connectivity index (χ2n) is 4.66. The minimum atomic E-state index is -1.09. The van der Waals surface area contributed by atoms with E-state index in [1.165, 1.54) is 24.2 Å². The number of hydrogen-bond donors (Lipinski definition) is 2. The SMILES string of the molecule is O=C(O)CN1C(=O)/C(=C/c2csc(NC3CC3)n2)SC1=S. The summed E-state index contributed by atoms with van der Waals surface area (Å²) in [5, 5.41) is 14.8. The molecule has 0 unspecified atom stereocenters. The van der Waals surface area contributed by atoms with E-state index in [1.807, 2.05) is 5.38 Å². The quantitative estimate of drug-likeness (QED) is 0.626. The number of rotatable bonds is 5. The van der Waals surface area contributed by atoms with Gasteiger partial charge in [0, 0.05) is 11.4 Å². The molecule has 2 heterocycles. The lowest BCUT2D eigenvalue weighted by Gasteiger charge is -2.09. The number of carboxylic acid groups (broad SMARTS) is 1. The summed E-state index contributed by atoms with van der Waals surface area (Å²) in [5.74, 6) is -1.46. The Kier molecular flexibility index (Phi) is 3.96. The Labute approximate surface area is 134 Å². The lowest BCUT2D eigenvalue weighted by molar-refractivity contribution is -0.140. The highest BCUT2D eigenvalue weighted by atomic mass is 32.2. The Morgan fingerprint density at radius 3 is 3.05 bits per heavy atom. The first-order valence-electron chi connectivity index (χ1n) is 6.22. The van der Waals surface area contributed by atoms with Crippen molar-refractivity contribution in [3.05, 3.63) is 16.0 Å². The number of thioether (sulfide) groups is 1. The van der Waals surface area contributed by atoms with Crippen molar-refractivity contribution < 1.29 is 14.7 Å². The molecule has 1 aliphatic heterocycles. The normalized spacial score (nSPS) is 20.4. The van der Waals surface area contributed by atoms with Gasteiger partial charge in [0.25, 0.3) is 5.91 Å². The fourth-order valence-electron chi connectivity index (χ4n) is 1.73. The Hall–Kier alpha value is -1.45. The fraction of sp³-hybridized carbons (Fsp3) is 0.333. The van der Waals surface area contributed by atoms with E-state index in [4.69, 9.17) is 17.3 Å². The average Bonchev–Trinajstić information content (AvgIpc) is 3.06. The molecule has 0 aromatic carbocycles. The molecule has 110 valence electrons. The second-order valence-corrected chi connectivity index (χ2v) is 7.19. The Balaban J connectivity index is 1.73. The summed E-state index contributed by atoms with van der Waals surface area (Å²) in [4.78, 5) is 28.7. The van der Waals surface area contributed by atoms with Crippen LogP contribution >= 0.6 is 35.3 Å². The van der Waals surface area contributed by atoms with Gasteiger partial charge in [0.1, 0.15) is 10.9 Å². The van der Waals surface area contributed by atoms with Crippen molar-refractivity contribution in [1.82, 2.24) is 9.88 Å². The first-order valence-corrected chi connectivity index (χ1v) is 8.32. The zero-order valence-corrected chi connectivity index (χ0v) is 13.2. The molecule has 6 nitrogen and oxygen atoms in total. The molecule has 1 saturated carbocycles. The summed E-state index contributed by atoms with van der Waals surface area (Å²) >= 11 is 7.62. The average molecular weight is 341 g/mol. The summed E-state index contributed by atoms with van der Waals surface area (Å²) in [6.07, 6.45) is 3.99. The molecule has 1 saturated heterocycles. The molecule has 0 atom stereocenters. The molecule has 2 aliphatic rings. The number of thiocarbonyl (C=S) groups is 1. The second kappa shape index (κ2) is 5.74. The summed E-state index contributed by atoms with van der Waals surface area (Å²) < 4.78 is 0.264. The standard InChI is InChI=1S/C12H11N3O3S3/c16-9(17)4-15-10(18)8(21-12(15)19)3-7-5-20-11(14-7)13-6-1-2-6/h3,5-6H,1-2,4H2,(H,13,14)(H,16,17)/b8-3-. The maximum Gasteiger partial charge on any atom is 0.323 e. The van der Waals surface area contributed by atoms with Crippen molar-refractivity contribution in [2.75, 3.05) is 11.9 Å². The first-order chi connectivity index (χ1) is 10.0. The third-order valence-corrected chi connectivity index (χ3v) is 5.04. The molecule has 1 amide bonds. The van der Waals surface area contributed by atoms with E-state index in [0.717, 1.165) is 21.8 Å². The van der Waals surface area contributed by atoms with Crippen LogP contribution in [0.1, 0.15) is 18.5 Å². The van der Waals surface area contributed by atoms with Crippen LogP contribution in [-0.2, 0) is 9.59 Å². The van der Waals surface area contributed by atoms with Crippen LogP contribution in [0.4, 0.5) is 5.13 Å². The number of carbonyl (C=O) groups excluding carboxylic acids is 1. The number of anilines is 1. The lowest BCUT2D eigenvalue weighted by Crippen LogP contribution is -2.33. The van der Waals surface area contributed by atoms with Crippen molar-refractivity contribution in [2.45, 2.75) is 18.9 Å². The lowest BCUT2D eigenvalue weighted by atomic mass is 10.3. The van der Waals surface area contributed by atoms with Crippen LogP contribution < -0.4 is 5.32 Å². The van der Waals surface area contributed by atoms with Crippen LogP contribution in [0.2, 0.25) is 0 Å². The van der Waals surface area contributed by atoms with Crippen LogP contribution in [0.25, 0.3) is 6.08 Å². The van der Waals surface area contributed by atoms with E-state index in [2.05, 4.69) is 10.3 Å². The Bertz CT molecular complexity index is 651. The molecule has 21 heavy (non-hydrogen) atoms. The molecule has 3 rings (SSSR count). The van der Waals surface area contributed by atoms with Crippen molar-refractivity contribution in [3.8, 4) is 0 Å². The number of aliphatic carboxylic acids is 1. The monoisotopic (exact) mass is 341 g/mol. The van der Waals surface area contributed by atoms with Gasteiger partial charge < -0.3 is 10.4 Å². The first kappa shape index (κ1) is 14.5. The van der Waals surface area contributed by atoms with E-state index in [1.54, 1.807) is 6.08 Å². The molecule has 2 fully saturated rings. The molecule has 2 N–H and O–H groups in total. The van der Waals surface area contributed by atoms with Gasteiger partial charge in [-0.2, -0.15) is 0 Å². The van der Waals surface area contributed by atoms with E-state index in [9.17, 15) is 9.59 Å². The Morgan fingerprint density at radius 1 is 1.62 bits per heavy atom. The molecule has 1 aromatic heterocycles. The van der Waals surface area contributed by atoms with Crippen molar-refractivity contribution >= 4 is 62.7 Å². The molecular formula is C12H11N3O3S3. The highest BCUT2D eigenvalue weighted by Crippen LogP contribution is 2.33. The highest BCUT2D eigenvalue weighted by Gasteiger charge is 2.33. The summed E-state index contributed by atoms with van der Waals surface area (Å²) in [6.45, 7) is -0.409. The third kappa shape index (κ3) is 3.42. The van der Waals surface area contributed by atoms with Crippen molar-refractivity contribution in [2.24, 2.45) is 0 Å². The molecule has 0 spiro atoms. The molecule has 0 bridgehead atoms. The van der Waals surface area contributed by atoms with Crippen molar-refractivity contribution in [3.63, 3.8) is 0 Å².